The predicted octanol–water partition coefficient (Wildman–Crippen LogP) is 4.13. The second-order valence-corrected chi connectivity index (χ2v) is 5.76. The Morgan fingerprint density at radius 1 is 1.24 bits per heavy atom. The summed E-state index contributed by atoms with van der Waals surface area (Å²) in [5.41, 5.74) is 4.95. The molecule has 0 bridgehead atoms. The van der Waals surface area contributed by atoms with Crippen LogP contribution in [-0.2, 0) is 6.42 Å². The zero-order chi connectivity index (χ0) is 14.8. The number of rotatable bonds is 3. The van der Waals surface area contributed by atoms with Gasteiger partial charge in [-0.1, -0.05) is 47.5 Å². The molecule has 4 nitrogen and oxygen atoms in total. The van der Waals surface area contributed by atoms with Gasteiger partial charge < -0.3 is 10.2 Å². The van der Waals surface area contributed by atoms with Crippen molar-refractivity contribution in [2.24, 2.45) is 5.84 Å². The number of fused-ring (bicyclic) bond motifs is 1. The number of pyridine rings is 1. The topological polar surface area (TPSA) is 60.2 Å². The highest BCUT2D eigenvalue weighted by atomic mass is 35.5. The standard InChI is InChI=1S/C15H15Cl2N3O/c16-11-8-12(17)15(19-14(11)20-18)21-13-7-3-5-9-4-1-2-6-10(9)13/h1-2,4,6,8,13H,3,5,7,18H2,(H,19,20). The Labute approximate surface area is 133 Å². The van der Waals surface area contributed by atoms with Crippen LogP contribution in [0.5, 0.6) is 5.88 Å². The van der Waals surface area contributed by atoms with Gasteiger partial charge in [0, 0.05) is 0 Å². The molecule has 3 rings (SSSR count). The normalized spacial score (nSPS) is 17.2. The minimum absolute atomic E-state index is 0.0493. The Kier molecular flexibility index (Phi) is 4.19. The minimum Gasteiger partial charge on any atom is -0.468 e. The van der Waals surface area contributed by atoms with Gasteiger partial charge in [0.15, 0.2) is 5.82 Å². The van der Waals surface area contributed by atoms with Crippen LogP contribution < -0.4 is 16.0 Å². The van der Waals surface area contributed by atoms with Gasteiger partial charge in [-0.25, -0.2) is 5.84 Å². The quantitative estimate of drug-likeness (QED) is 0.658. The number of benzene rings is 1. The molecule has 0 aliphatic heterocycles. The van der Waals surface area contributed by atoms with E-state index in [1.54, 1.807) is 6.07 Å². The van der Waals surface area contributed by atoms with E-state index in [2.05, 4.69) is 22.5 Å². The molecule has 2 aromatic rings. The first-order valence-corrected chi connectivity index (χ1v) is 7.51. The number of nitrogens with two attached hydrogens (primary N) is 1. The lowest BCUT2D eigenvalue weighted by atomic mass is 9.89. The number of halogens is 2. The molecule has 0 amide bonds. The molecule has 0 saturated carbocycles. The third kappa shape index (κ3) is 2.93. The molecule has 3 N–H and O–H groups in total. The molecule has 0 fully saturated rings. The number of nitrogen functional groups attached to an aromatic ring is 1. The first kappa shape index (κ1) is 14.4. The summed E-state index contributed by atoms with van der Waals surface area (Å²) < 4.78 is 6.01. The summed E-state index contributed by atoms with van der Waals surface area (Å²) in [5, 5.41) is 0.737. The van der Waals surface area contributed by atoms with Crippen LogP contribution in [0.3, 0.4) is 0 Å². The number of hydrogen-bond acceptors (Lipinski definition) is 4. The highest BCUT2D eigenvalue weighted by Gasteiger charge is 2.23. The number of hydrogen-bond donors (Lipinski definition) is 2. The molecule has 0 radical (unpaired) electrons. The zero-order valence-electron chi connectivity index (χ0n) is 11.3. The molecule has 0 saturated heterocycles. The van der Waals surface area contributed by atoms with Gasteiger partial charge in [0.2, 0.25) is 5.88 Å². The van der Waals surface area contributed by atoms with E-state index in [4.69, 9.17) is 33.8 Å². The summed E-state index contributed by atoms with van der Waals surface area (Å²) in [6, 6.07) is 9.87. The van der Waals surface area contributed by atoms with Crippen molar-refractivity contribution < 1.29 is 4.74 Å². The number of nitrogens with one attached hydrogen (secondary N) is 1. The van der Waals surface area contributed by atoms with Crippen molar-refractivity contribution in [3.63, 3.8) is 0 Å². The fraction of sp³-hybridized carbons (Fsp3) is 0.267. The van der Waals surface area contributed by atoms with Crippen LogP contribution >= 0.6 is 23.2 Å². The molecule has 1 aliphatic rings. The average molecular weight is 324 g/mol. The summed E-state index contributed by atoms with van der Waals surface area (Å²) in [4.78, 5) is 4.24. The van der Waals surface area contributed by atoms with Crippen LogP contribution in [-0.4, -0.2) is 4.98 Å². The van der Waals surface area contributed by atoms with Crippen molar-refractivity contribution >= 4 is 29.0 Å². The minimum atomic E-state index is -0.0493. The van der Waals surface area contributed by atoms with Crippen molar-refractivity contribution in [1.29, 1.82) is 0 Å². The number of aryl methyl sites for hydroxylation is 1. The second kappa shape index (κ2) is 6.10. The third-order valence-corrected chi connectivity index (χ3v) is 4.16. The maximum Gasteiger partial charge on any atom is 0.235 e. The number of anilines is 1. The smallest absolute Gasteiger partial charge is 0.235 e. The van der Waals surface area contributed by atoms with Gasteiger partial charge in [-0.3, -0.25) is 0 Å². The average Bonchev–Trinajstić information content (AvgIpc) is 2.50. The SMILES string of the molecule is NNc1nc(OC2CCCc3ccccc32)c(Cl)cc1Cl. The summed E-state index contributed by atoms with van der Waals surface area (Å²) in [6.45, 7) is 0. The Morgan fingerprint density at radius 2 is 2.05 bits per heavy atom. The van der Waals surface area contributed by atoms with Gasteiger partial charge >= 0.3 is 0 Å². The maximum atomic E-state index is 6.16. The fourth-order valence-corrected chi connectivity index (χ4v) is 3.06. The Morgan fingerprint density at radius 3 is 2.86 bits per heavy atom. The van der Waals surface area contributed by atoms with Gasteiger partial charge in [-0.05, 0) is 36.5 Å². The van der Waals surface area contributed by atoms with Crippen molar-refractivity contribution in [3.05, 3.63) is 51.5 Å². The van der Waals surface area contributed by atoms with Gasteiger partial charge in [0.25, 0.3) is 0 Å². The summed E-state index contributed by atoms with van der Waals surface area (Å²) >= 11 is 12.1. The second-order valence-electron chi connectivity index (χ2n) is 4.95. The van der Waals surface area contributed by atoms with Crippen molar-refractivity contribution in [3.8, 4) is 5.88 Å². The molecule has 0 spiro atoms. The highest BCUT2D eigenvalue weighted by molar-refractivity contribution is 6.36. The summed E-state index contributed by atoms with van der Waals surface area (Å²) in [5.74, 6) is 6.07. The van der Waals surface area contributed by atoms with Gasteiger partial charge in [-0.15, -0.1) is 0 Å². The molecule has 1 aromatic carbocycles. The van der Waals surface area contributed by atoms with Crippen LogP contribution in [0, 0.1) is 0 Å². The third-order valence-electron chi connectivity index (χ3n) is 3.60. The number of ether oxygens (including phenoxy) is 1. The van der Waals surface area contributed by atoms with E-state index in [1.807, 2.05) is 12.1 Å². The summed E-state index contributed by atoms with van der Waals surface area (Å²) in [7, 11) is 0. The van der Waals surface area contributed by atoms with Crippen molar-refractivity contribution in [1.82, 2.24) is 4.98 Å². The van der Waals surface area contributed by atoms with Gasteiger partial charge in [-0.2, -0.15) is 4.98 Å². The lowest BCUT2D eigenvalue weighted by Crippen LogP contribution is -2.16. The van der Waals surface area contributed by atoms with E-state index in [1.165, 1.54) is 11.1 Å². The van der Waals surface area contributed by atoms with Gasteiger partial charge in [0.1, 0.15) is 11.1 Å². The Balaban J connectivity index is 1.91. The van der Waals surface area contributed by atoms with E-state index >= 15 is 0 Å². The molecule has 1 heterocycles. The molecule has 1 atom stereocenters. The lowest BCUT2D eigenvalue weighted by Gasteiger charge is -2.26. The van der Waals surface area contributed by atoms with E-state index in [9.17, 15) is 0 Å². The molecular formula is C15H15Cl2N3O. The summed E-state index contributed by atoms with van der Waals surface area (Å²) in [6.07, 6.45) is 3.04. The van der Waals surface area contributed by atoms with Crippen LogP contribution in [0.2, 0.25) is 10.0 Å². The number of nitrogens with zero attached hydrogens (tertiary/aromatic N) is 1. The van der Waals surface area contributed by atoms with Crippen LogP contribution in [0.1, 0.15) is 30.1 Å². The Hall–Kier alpha value is -1.49. The highest BCUT2D eigenvalue weighted by Crippen LogP contribution is 2.37. The lowest BCUT2D eigenvalue weighted by molar-refractivity contribution is 0.176. The van der Waals surface area contributed by atoms with Crippen molar-refractivity contribution in [2.45, 2.75) is 25.4 Å². The van der Waals surface area contributed by atoms with Crippen LogP contribution in [0.25, 0.3) is 0 Å². The number of aromatic nitrogens is 1. The van der Waals surface area contributed by atoms with E-state index in [0.717, 1.165) is 19.3 Å². The molecular weight excluding hydrogens is 309 g/mol. The Bertz CT molecular complexity index is 663. The van der Waals surface area contributed by atoms with Crippen LogP contribution in [0.4, 0.5) is 5.82 Å². The molecule has 1 aliphatic carbocycles. The molecule has 1 aromatic heterocycles. The molecule has 21 heavy (non-hydrogen) atoms. The zero-order valence-corrected chi connectivity index (χ0v) is 12.8. The van der Waals surface area contributed by atoms with Crippen molar-refractivity contribution in [2.75, 3.05) is 5.43 Å². The molecule has 110 valence electrons. The van der Waals surface area contributed by atoms with Crippen LogP contribution in [0.15, 0.2) is 30.3 Å². The van der Waals surface area contributed by atoms with E-state index < -0.39 is 0 Å². The van der Waals surface area contributed by atoms with E-state index in [0.29, 0.717) is 21.7 Å². The number of hydrazine groups is 1. The fourth-order valence-electron chi connectivity index (χ4n) is 2.60. The first-order valence-electron chi connectivity index (χ1n) is 6.76. The van der Waals surface area contributed by atoms with E-state index in [-0.39, 0.29) is 6.10 Å². The largest absolute Gasteiger partial charge is 0.468 e. The first-order chi connectivity index (χ1) is 10.2. The predicted molar refractivity (Wildman–Crippen MR) is 84.8 cm³/mol. The molecule has 1 unspecified atom stereocenters. The van der Waals surface area contributed by atoms with Gasteiger partial charge in [0.05, 0.1) is 5.02 Å². The monoisotopic (exact) mass is 323 g/mol. The maximum absolute atomic E-state index is 6.16. The molecule has 6 heteroatoms.